The van der Waals surface area contributed by atoms with Crippen LogP contribution in [0.4, 0.5) is 10.6 Å². The normalized spacial score (nSPS) is 14.4. The lowest BCUT2D eigenvalue weighted by Crippen LogP contribution is -2.51. The topological polar surface area (TPSA) is 90.1 Å². The van der Waals surface area contributed by atoms with Crippen LogP contribution in [0.15, 0.2) is 28.8 Å². The molecule has 1 aromatic carbocycles. The van der Waals surface area contributed by atoms with Crippen molar-refractivity contribution >= 4 is 29.4 Å². The van der Waals surface area contributed by atoms with Crippen LogP contribution in [0, 0.1) is 0 Å². The van der Waals surface area contributed by atoms with Gasteiger partial charge in [0.25, 0.3) is 0 Å². The van der Waals surface area contributed by atoms with E-state index in [1.165, 1.54) is 4.90 Å². The minimum Gasteiger partial charge on any atom is -0.477 e. The number of urea groups is 1. The lowest BCUT2D eigenvalue weighted by atomic mass is 10.1. The zero-order valence-electron chi connectivity index (χ0n) is 14.5. The van der Waals surface area contributed by atoms with Crippen molar-refractivity contribution in [2.45, 2.75) is 0 Å². The van der Waals surface area contributed by atoms with Gasteiger partial charge in [0, 0.05) is 50.9 Å². The third kappa shape index (κ3) is 3.45. The van der Waals surface area contributed by atoms with E-state index in [9.17, 15) is 14.7 Å². The summed E-state index contributed by atoms with van der Waals surface area (Å²) in [6, 6.07) is 6.64. The first-order valence-corrected chi connectivity index (χ1v) is 8.46. The lowest BCUT2D eigenvalue weighted by Gasteiger charge is -2.36. The number of hydrogen-bond acceptors (Lipinski definition) is 5. The second-order valence-corrected chi connectivity index (χ2v) is 6.61. The Morgan fingerprint density at radius 3 is 2.31 bits per heavy atom. The zero-order chi connectivity index (χ0) is 18.8. The van der Waals surface area contributed by atoms with Gasteiger partial charge in [-0.2, -0.15) is 0 Å². The van der Waals surface area contributed by atoms with Crippen LogP contribution in [0.3, 0.4) is 0 Å². The van der Waals surface area contributed by atoms with Crippen LogP contribution >= 0.6 is 11.6 Å². The first-order chi connectivity index (χ1) is 12.4. The van der Waals surface area contributed by atoms with E-state index >= 15 is 0 Å². The lowest BCUT2D eigenvalue weighted by molar-refractivity contribution is 0.0697. The molecular weight excluding hydrogens is 360 g/mol. The Kier molecular flexibility index (Phi) is 5.03. The van der Waals surface area contributed by atoms with Crippen molar-refractivity contribution in [3.05, 3.63) is 34.9 Å². The standard InChI is InChI=1S/C17H19ClN4O4/c1-20(2)17(25)22-9-7-21(8-10-22)15-13(16(23)24)14(26-19-15)11-3-5-12(18)6-4-11/h3-6H,7-10H2,1-2H3,(H,23,24). The number of rotatable bonds is 3. The minimum atomic E-state index is -1.11. The van der Waals surface area contributed by atoms with Crippen molar-refractivity contribution in [1.82, 2.24) is 15.0 Å². The number of amides is 2. The van der Waals surface area contributed by atoms with Crippen molar-refractivity contribution in [2.24, 2.45) is 0 Å². The van der Waals surface area contributed by atoms with Gasteiger partial charge in [-0.3, -0.25) is 0 Å². The second-order valence-electron chi connectivity index (χ2n) is 6.17. The smallest absolute Gasteiger partial charge is 0.343 e. The summed E-state index contributed by atoms with van der Waals surface area (Å²) >= 11 is 5.88. The molecule has 8 nitrogen and oxygen atoms in total. The number of anilines is 1. The van der Waals surface area contributed by atoms with Crippen LogP contribution in [-0.4, -0.2) is 72.3 Å². The van der Waals surface area contributed by atoms with Gasteiger partial charge in [-0.05, 0) is 24.3 Å². The SMILES string of the molecule is CN(C)C(=O)N1CCN(c2noc(-c3ccc(Cl)cc3)c2C(=O)O)CC1. The highest BCUT2D eigenvalue weighted by atomic mass is 35.5. The molecule has 0 saturated carbocycles. The number of nitrogens with zero attached hydrogens (tertiary/aromatic N) is 4. The molecule has 1 aromatic heterocycles. The van der Waals surface area contributed by atoms with E-state index in [1.807, 2.05) is 4.90 Å². The molecule has 2 aromatic rings. The number of piperazine rings is 1. The van der Waals surface area contributed by atoms with Gasteiger partial charge >= 0.3 is 12.0 Å². The molecule has 9 heteroatoms. The fourth-order valence-corrected chi connectivity index (χ4v) is 3.01. The fourth-order valence-electron chi connectivity index (χ4n) is 2.88. The number of carboxylic acid groups (broad SMARTS) is 1. The van der Waals surface area contributed by atoms with E-state index < -0.39 is 5.97 Å². The van der Waals surface area contributed by atoms with Gasteiger partial charge in [0.2, 0.25) is 0 Å². The molecule has 0 bridgehead atoms. The maximum Gasteiger partial charge on any atom is 0.343 e. The number of benzene rings is 1. The molecule has 3 rings (SSSR count). The molecule has 2 amide bonds. The molecule has 0 radical (unpaired) electrons. The van der Waals surface area contributed by atoms with Gasteiger partial charge in [-0.25, -0.2) is 9.59 Å². The van der Waals surface area contributed by atoms with Crippen molar-refractivity contribution in [2.75, 3.05) is 45.2 Å². The second kappa shape index (κ2) is 7.25. The summed E-state index contributed by atoms with van der Waals surface area (Å²) < 4.78 is 5.34. The summed E-state index contributed by atoms with van der Waals surface area (Å²) in [5.41, 5.74) is 0.603. The molecule has 1 saturated heterocycles. The van der Waals surface area contributed by atoms with Crippen LogP contribution in [0.1, 0.15) is 10.4 Å². The van der Waals surface area contributed by atoms with Crippen molar-refractivity contribution in [3.63, 3.8) is 0 Å². The van der Waals surface area contributed by atoms with Crippen LogP contribution in [0.5, 0.6) is 0 Å². The first-order valence-electron chi connectivity index (χ1n) is 8.08. The van der Waals surface area contributed by atoms with E-state index in [2.05, 4.69) is 5.16 Å². The largest absolute Gasteiger partial charge is 0.477 e. The molecule has 138 valence electrons. The summed E-state index contributed by atoms with van der Waals surface area (Å²) in [4.78, 5) is 28.9. The van der Waals surface area contributed by atoms with Gasteiger partial charge in [-0.1, -0.05) is 16.8 Å². The zero-order valence-corrected chi connectivity index (χ0v) is 15.2. The molecular formula is C17H19ClN4O4. The van der Waals surface area contributed by atoms with Gasteiger partial charge in [0.1, 0.15) is 0 Å². The van der Waals surface area contributed by atoms with Gasteiger partial charge < -0.3 is 24.3 Å². The Morgan fingerprint density at radius 2 is 1.77 bits per heavy atom. The predicted octanol–water partition coefficient (Wildman–Crippen LogP) is 2.50. The summed E-state index contributed by atoms with van der Waals surface area (Å²) in [6.45, 7) is 1.93. The quantitative estimate of drug-likeness (QED) is 0.882. The van der Waals surface area contributed by atoms with Crippen molar-refractivity contribution in [1.29, 1.82) is 0 Å². The molecule has 0 aliphatic carbocycles. The maximum absolute atomic E-state index is 12.0. The van der Waals surface area contributed by atoms with Crippen LogP contribution in [0.25, 0.3) is 11.3 Å². The van der Waals surface area contributed by atoms with E-state index in [0.717, 1.165) is 0 Å². The third-order valence-corrected chi connectivity index (χ3v) is 4.48. The Balaban J connectivity index is 1.84. The van der Waals surface area contributed by atoms with Gasteiger partial charge in [0.05, 0.1) is 0 Å². The first kappa shape index (κ1) is 18.1. The van der Waals surface area contributed by atoms with Crippen LogP contribution in [-0.2, 0) is 0 Å². The number of halogens is 1. The van der Waals surface area contributed by atoms with Crippen molar-refractivity contribution < 1.29 is 19.2 Å². The average Bonchev–Trinajstić information content (AvgIpc) is 3.07. The minimum absolute atomic E-state index is 0.0136. The molecule has 1 aliphatic rings. The molecule has 1 aliphatic heterocycles. The number of carbonyl (C=O) groups excluding carboxylic acids is 1. The van der Waals surface area contributed by atoms with E-state index in [0.29, 0.717) is 36.8 Å². The summed E-state index contributed by atoms with van der Waals surface area (Å²) in [5, 5.41) is 14.2. The number of aromatic carboxylic acids is 1. The number of carbonyl (C=O) groups is 2. The average molecular weight is 379 g/mol. The highest BCUT2D eigenvalue weighted by Gasteiger charge is 2.30. The maximum atomic E-state index is 12.0. The van der Waals surface area contributed by atoms with Gasteiger partial charge in [0.15, 0.2) is 17.1 Å². The van der Waals surface area contributed by atoms with E-state index in [1.54, 1.807) is 43.3 Å². The Hall–Kier alpha value is -2.74. The highest BCUT2D eigenvalue weighted by Crippen LogP contribution is 2.32. The number of aromatic nitrogens is 1. The molecule has 26 heavy (non-hydrogen) atoms. The molecule has 1 N–H and O–H groups in total. The van der Waals surface area contributed by atoms with Crippen LogP contribution in [0.2, 0.25) is 5.02 Å². The third-order valence-electron chi connectivity index (χ3n) is 4.23. The van der Waals surface area contributed by atoms with Crippen molar-refractivity contribution in [3.8, 4) is 11.3 Å². The Labute approximate surface area is 155 Å². The summed E-state index contributed by atoms with van der Waals surface area (Å²) in [6.07, 6.45) is 0. The van der Waals surface area contributed by atoms with Crippen LogP contribution < -0.4 is 4.90 Å². The summed E-state index contributed by atoms with van der Waals surface area (Å²) in [5.74, 6) is -0.645. The Bertz CT molecular complexity index is 811. The molecule has 1 fully saturated rings. The van der Waals surface area contributed by atoms with E-state index in [4.69, 9.17) is 16.1 Å². The fraction of sp³-hybridized carbons (Fsp3) is 0.353. The highest BCUT2D eigenvalue weighted by molar-refractivity contribution is 6.30. The molecule has 0 unspecified atom stereocenters. The monoisotopic (exact) mass is 378 g/mol. The molecule has 2 heterocycles. The summed E-state index contributed by atoms with van der Waals surface area (Å²) in [7, 11) is 3.40. The van der Waals surface area contributed by atoms with Gasteiger partial charge in [-0.15, -0.1) is 0 Å². The Morgan fingerprint density at radius 1 is 1.15 bits per heavy atom. The number of hydrogen-bond donors (Lipinski definition) is 1. The predicted molar refractivity (Wildman–Crippen MR) is 96.8 cm³/mol. The molecule has 0 atom stereocenters. The van der Waals surface area contributed by atoms with E-state index in [-0.39, 0.29) is 23.2 Å². The molecule has 0 spiro atoms. The number of carboxylic acids is 1.